The molecule has 1 amide bonds. The molecule has 0 aromatic heterocycles. The average Bonchev–Trinajstić information content (AvgIpc) is 2.86. The fourth-order valence-corrected chi connectivity index (χ4v) is 3.88. The van der Waals surface area contributed by atoms with E-state index in [2.05, 4.69) is 0 Å². The number of nitrogen functional groups attached to an aromatic ring is 1. The van der Waals surface area contributed by atoms with Gasteiger partial charge in [-0.15, -0.1) is 11.8 Å². The summed E-state index contributed by atoms with van der Waals surface area (Å²) < 4.78 is 0. The highest BCUT2D eigenvalue weighted by Crippen LogP contribution is 2.35. The molecule has 5 nitrogen and oxygen atoms in total. The van der Waals surface area contributed by atoms with Crippen LogP contribution in [0.25, 0.3) is 0 Å². The zero-order chi connectivity index (χ0) is 15.7. The molecule has 114 valence electrons. The van der Waals surface area contributed by atoms with Crippen LogP contribution in [0.2, 0.25) is 0 Å². The number of nitrogens with zero attached hydrogens (tertiary/aromatic N) is 1. The van der Waals surface area contributed by atoms with Gasteiger partial charge >= 0.3 is 5.97 Å². The van der Waals surface area contributed by atoms with E-state index < -0.39 is 12.0 Å². The van der Waals surface area contributed by atoms with Crippen molar-refractivity contribution >= 4 is 29.3 Å². The van der Waals surface area contributed by atoms with Crippen LogP contribution in [-0.4, -0.2) is 39.1 Å². The molecule has 0 bridgehead atoms. The van der Waals surface area contributed by atoms with Gasteiger partial charge < -0.3 is 15.7 Å². The standard InChI is InChI=1S/C15H20N2O3S/c1-8(2)14-17(12(7-21-14)15(19)20)13(18)10-5-4-9(3)11(16)6-10/h4-6,8,12,14H,7,16H2,1-3H3,(H,19,20). The van der Waals surface area contributed by atoms with Crippen molar-refractivity contribution in [3.8, 4) is 0 Å². The number of aliphatic carboxylic acids is 1. The summed E-state index contributed by atoms with van der Waals surface area (Å²) in [5.41, 5.74) is 7.74. The number of aryl methyl sites for hydroxylation is 1. The maximum atomic E-state index is 12.7. The van der Waals surface area contributed by atoms with Gasteiger partial charge in [-0.3, -0.25) is 4.79 Å². The number of anilines is 1. The molecule has 0 radical (unpaired) electrons. The van der Waals surface area contributed by atoms with Crippen LogP contribution in [0.5, 0.6) is 0 Å². The van der Waals surface area contributed by atoms with E-state index in [1.54, 1.807) is 18.2 Å². The highest BCUT2D eigenvalue weighted by Gasteiger charge is 2.43. The Balaban J connectivity index is 2.36. The molecule has 1 fully saturated rings. The van der Waals surface area contributed by atoms with Gasteiger partial charge in [-0.05, 0) is 30.5 Å². The minimum atomic E-state index is -0.959. The van der Waals surface area contributed by atoms with E-state index in [0.29, 0.717) is 17.0 Å². The Morgan fingerprint density at radius 2 is 2.10 bits per heavy atom. The number of carbonyl (C=O) groups is 2. The summed E-state index contributed by atoms with van der Waals surface area (Å²) in [4.78, 5) is 25.6. The van der Waals surface area contributed by atoms with Crippen molar-refractivity contribution in [2.75, 3.05) is 11.5 Å². The summed E-state index contributed by atoms with van der Waals surface area (Å²) in [5, 5.41) is 9.22. The Kier molecular flexibility index (Phi) is 4.46. The highest BCUT2D eigenvalue weighted by atomic mass is 32.2. The molecule has 1 heterocycles. The lowest BCUT2D eigenvalue weighted by atomic mass is 10.1. The first-order valence-corrected chi connectivity index (χ1v) is 7.91. The van der Waals surface area contributed by atoms with E-state index in [9.17, 15) is 14.7 Å². The molecule has 0 spiro atoms. The normalized spacial score (nSPS) is 21.8. The highest BCUT2D eigenvalue weighted by molar-refractivity contribution is 8.00. The molecule has 1 aromatic rings. The molecule has 6 heteroatoms. The van der Waals surface area contributed by atoms with Crippen LogP contribution in [-0.2, 0) is 4.79 Å². The van der Waals surface area contributed by atoms with Crippen LogP contribution in [0.1, 0.15) is 29.8 Å². The number of carbonyl (C=O) groups excluding carboxylic acids is 1. The Bertz CT molecular complexity index is 574. The molecule has 0 saturated carbocycles. The number of nitrogens with two attached hydrogens (primary N) is 1. The van der Waals surface area contributed by atoms with E-state index in [4.69, 9.17) is 5.73 Å². The molecular formula is C15H20N2O3S. The Morgan fingerprint density at radius 1 is 1.43 bits per heavy atom. The summed E-state index contributed by atoms with van der Waals surface area (Å²) in [6, 6.07) is 4.33. The van der Waals surface area contributed by atoms with Crippen molar-refractivity contribution in [2.24, 2.45) is 5.92 Å². The third-order valence-corrected chi connectivity index (χ3v) is 5.27. The third-order valence-electron chi connectivity index (χ3n) is 3.65. The minimum Gasteiger partial charge on any atom is -0.480 e. The molecule has 1 saturated heterocycles. The molecule has 21 heavy (non-hydrogen) atoms. The van der Waals surface area contributed by atoms with E-state index in [0.717, 1.165) is 5.56 Å². The summed E-state index contributed by atoms with van der Waals surface area (Å²) >= 11 is 1.52. The number of amides is 1. The lowest BCUT2D eigenvalue weighted by molar-refractivity contribution is -0.141. The first-order chi connectivity index (χ1) is 9.82. The molecule has 2 rings (SSSR count). The number of rotatable bonds is 3. The van der Waals surface area contributed by atoms with Crippen molar-refractivity contribution in [2.45, 2.75) is 32.2 Å². The first-order valence-electron chi connectivity index (χ1n) is 6.86. The summed E-state index contributed by atoms with van der Waals surface area (Å²) in [6.45, 7) is 5.85. The molecule has 3 N–H and O–H groups in total. The number of hydrogen-bond acceptors (Lipinski definition) is 4. The van der Waals surface area contributed by atoms with Gasteiger partial charge in [-0.2, -0.15) is 0 Å². The second-order valence-corrected chi connectivity index (χ2v) is 6.76. The topological polar surface area (TPSA) is 83.6 Å². The first kappa shape index (κ1) is 15.7. The van der Waals surface area contributed by atoms with E-state index >= 15 is 0 Å². The smallest absolute Gasteiger partial charge is 0.327 e. The minimum absolute atomic E-state index is 0.124. The van der Waals surface area contributed by atoms with Crippen molar-refractivity contribution < 1.29 is 14.7 Å². The monoisotopic (exact) mass is 308 g/mol. The summed E-state index contributed by atoms with van der Waals surface area (Å²) in [7, 11) is 0. The Morgan fingerprint density at radius 3 is 2.62 bits per heavy atom. The second-order valence-electron chi connectivity index (χ2n) is 5.61. The number of benzene rings is 1. The van der Waals surface area contributed by atoms with Crippen LogP contribution >= 0.6 is 11.8 Å². The fourth-order valence-electron chi connectivity index (χ4n) is 2.41. The van der Waals surface area contributed by atoms with Crippen molar-refractivity contribution in [1.82, 2.24) is 4.90 Å². The Hall–Kier alpha value is -1.69. The van der Waals surface area contributed by atoms with Gasteiger partial charge in [0.1, 0.15) is 6.04 Å². The number of hydrogen-bond donors (Lipinski definition) is 2. The van der Waals surface area contributed by atoms with E-state index in [1.807, 2.05) is 20.8 Å². The zero-order valence-corrected chi connectivity index (χ0v) is 13.2. The maximum Gasteiger partial charge on any atom is 0.327 e. The molecule has 1 aromatic carbocycles. The van der Waals surface area contributed by atoms with E-state index in [-0.39, 0.29) is 17.2 Å². The number of thioether (sulfide) groups is 1. The van der Waals surface area contributed by atoms with Gasteiger partial charge in [-0.25, -0.2) is 4.79 Å². The quantitative estimate of drug-likeness (QED) is 0.836. The molecule has 2 atom stereocenters. The van der Waals surface area contributed by atoms with Crippen molar-refractivity contribution in [3.05, 3.63) is 29.3 Å². The lowest BCUT2D eigenvalue weighted by Crippen LogP contribution is -2.47. The third kappa shape index (κ3) is 3.00. The van der Waals surface area contributed by atoms with Crippen LogP contribution in [0.4, 0.5) is 5.69 Å². The second kappa shape index (κ2) is 5.97. The zero-order valence-electron chi connectivity index (χ0n) is 12.4. The summed E-state index contributed by atoms with van der Waals surface area (Å²) in [6.07, 6.45) is 0. The SMILES string of the molecule is Cc1ccc(C(=O)N2C(C(=O)O)CSC2C(C)C)cc1N. The van der Waals surface area contributed by atoms with Gasteiger partial charge in [0.25, 0.3) is 5.91 Å². The molecule has 1 aliphatic rings. The van der Waals surface area contributed by atoms with Gasteiger partial charge in [0, 0.05) is 17.0 Å². The van der Waals surface area contributed by atoms with Crippen LogP contribution in [0.3, 0.4) is 0 Å². The number of carboxylic acid groups (broad SMARTS) is 1. The van der Waals surface area contributed by atoms with Crippen LogP contribution < -0.4 is 5.73 Å². The van der Waals surface area contributed by atoms with Crippen molar-refractivity contribution in [1.29, 1.82) is 0 Å². The van der Waals surface area contributed by atoms with Gasteiger partial charge in [0.05, 0.1) is 5.37 Å². The molecule has 2 unspecified atom stereocenters. The predicted octanol–water partition coefficient (Wildman–Crippen LogP) is 2.20. The maximum absolute atomic E-state index is 12.7. The van der Waals surface area contributed by atoms with Crippen molar-refractivity contribution in [3.63, 3.8) is 0 Å². The number of carboxylic acids is 1. The molecule has 1 aliphatic heterocycles. The predicted molar refractivity (Wildman–Crippen MR) is 84.3 cm³/mol. The van der Waals surface area contributed by atoms with Crippen LogP contribution in [0, 0.1) is 12.8 Å². The van der Waals surface area contributed by atoms with Crippen LogP contribution in [0.15, 0.2) is 18.2 Å². The molecular weight excluding hydrogens is 288 g/mol. The molecule has 0 aliphatic carbocycles. The van der Waals surface area contributed by atoms with Gasteiger partial charge in [-0.1, -0.05) is 19.9 Å². The average molecular weight is 308 g/mol. The Labute approximate surface area is 128 Å². The largest absolute Gasteiger partial charge is 0.480 e. The van der Waals surface area contributed by atoms with Gasteiger partial charge in [0.15, 0.2) is 0 Å². The van der Waals surface area contributed by atoms with Gasteiger partial charge in [0.2, 0.25) is 0 Å². The summed E-state index contributed by atoms with van der Waals surface area (Å²) in [5.74, 6) is -0.617. The lowest BCUT2D eigenvalue weighted by Gasteiger charge is -2.30. The van der Waals surface area contributed by atoms with E-state index in [1.165, 1.54) is 16.7 Å². The fraction of sp³-hybridized carbons (Fsp3) is 0.467.